The van der Waals surface area contributed by atoms with E-state index in [0.29, 0.717) is 12.0 Å². The van der Waals surface area contributed by atoms with Crippen LogP contribution in [0, 0.1) is 11.3 Å². The van der Waals surface area contributed by atoms with Gasteiger partial charge in [0.1, 0.15) is 11.9 Å². The topological polar surface area (TPSA) is 52.6 Å². The molecule has 0 N–H and O–H groups in total. The van der Waals surface area contributed by atoms with Gasteiger partial charge < -0.3 is 9.47 Å². The van der Waals surface area contributed by atoms with Gasteiger partial charge in [-0.05, 0) is 29.5 Å². The van der Waals surface area contributed by atoms with Crippen LogP contribution < -0.4 is 4.74 Å². The van der Waals surface area contributed by atoms with Gasteiger partial charge in [0.2, 0.25) is 0 Å². The lowest BCUT2D eigenvalue weighted by Gasteiger charge is -2.49. The Kier molecular flexibility index (Phi) is 2.05. The normalized spacial score (nSPS) is 30.1. The van der Waals surface area contributed by atoms with Crippen molar-refractivity contribution in [3.8, 4) is 5.75 Å². The lowest BCUT2D eigenvalue weighted by atomic mass is 9.62. The van der Waals surface area contributed by atoms with Gasteiger partial charge in [0, 0.05) is 11.5 Å². The van der Waals surface area contributed by atoms with E-state index >= 15 is 0 Å². The van der Waals surface area contributed by atoms with Crippen molar-refractivity contribution in [3.05, 3.63) is 28.8 Å². The molecule has 4 heteroatoms. The zero-order valence-electron chi connectivity index (χ0n) is 11.7. The molecule has 0 bridgehead atoms. The number of hydrogen-bond donors (Lipinski definition) is 0. The molecule has 3 unspecified atom stereocenters. The molecule has 1 aliphatic carbocycles. The Morgan fingerprint density at radius 3 is 2.60 bits per heavy atom. The molecule has 1 aromatic carbocycles. The quantitative estimate of drug-likeness (QED) is 0.538. The summed E-state index contributed by atoms with van der Waals surface area (Å²) in [6, 6.07) is 3.52. The Morgan fingerprint density at radius 1 is 1.15 bits per heavy atom. The van der Waals surface area contributed by atoms with E-state index in [1.54, 1.807) is 6.07 Å². The van der Waals surface area contributed by atoms with Crippen LogP contribution in [0.25, 0.3) is 0 Å². The number of carbonyl (C=O) groups excluding carboxylic acids is 2. The van der Waals surface area contributed by atoms with Gasteiger partial charge in [-0.25, -0.2) is 4.79 Å². The Morgan fingerprint density at radius 2 is 1.90 bits per heavy atom. The Hall–Kier alpha value is -1.84. The molecule has 20 heavy (non-hydrogen) atoms. The van der Waals surface area contributed by atoms with E-state index in [1.165, 1.54) is 0 Å². The van der Waals surface area contributed by atoms with Crippen molar-refractivity contribution < 1.29 is 19.1 Å². The van der Waals surface area contributed by atoms with E-state index in [9.17, 15) is 9.59 Å². The van der Waals surface area contributed by atoms with Gasteiger partial charge in [0.05, 0.1) is 11.5 Å². The number of ether oxygens (including phenoxy) is 2. The molecule has 3 aliphatic rings. The monoisotopic (exact) mass is 272 g/mol. The maximum absolute atomic E-state index is 12.1. The maximum Gasteiger partial charge on any atom is 0.346 e. The largest absolute Gasteiger partial charge is 0.485 e. The summed E-state index contributed by atoms with van der Waals surface area (Å²) in [7, 11) is 0. The lowest BCUT2D eigenvalue weighted by Crippen LogP contribution is -2.45. The minimum absolute atomic E-state index is 0.00917. The molecule has 2 heterocycles. The van der Waals surface area contributed by atoms with Crippen LogP contribution in [0.2, 0.25) is 0 Å². The summed E-state index contributed by atoms with van der Waals surface area (Å²) in [5.74, 6) is -0.180. The van der Waals surface area contributed by atoms with Crippen molar-refractivity contribution in [1.29, 1.82) is 0 Å². The van der Waals surface area contributed by atoms with Gasteiger partial charge in [-0.1, -0.05) is 20.8 Å². The van der Waals surface area contributed by atoms with Crippen LogP contribution in [0.3, 0.4) is 0 Å². The number of esters is 2. The number of benzene rings is 1. The highest BCUT2D eigenvalue weighted by molar-refractivity contribution is 6.05. The highest BCUT2D eigenvalue weighted by Gasteiger charge is 2.53. The molecule has 4 rings (SSSR count). The molecule has 0 amide bonds. The minimum atomic E-state index is -0.524. The van der Waals surface area contributed by atoms with E-state index in [-0.39, 0.29) is 23.4 Å². The van der Waals surface area contributed by atoms with Crippen LogP contribution in [0.15, 0.2) is 12.1 Å². The third-order valence-electron chi connectivity index (χ3n) is 4.80. The van der Waals surface area contributed by atoms with Crippen molar-refractivity contribution in [2.45, 2.75) is 39.2 Å². The summed E-state index contributed by atoms with van der Waals surface area (Å²) in [5, 5.41) is 0. The van der Waals surface area contributed by atoms with Gasteiger partial charge in [-0.2, -0.15) is 0 Å². The predicted octanol–water partition coefficient (Wildman–Crippen LogP) is 2.97. The molecular weight excluding hydrogens is 256 g/mol. The molecule has 104 valence electrons. The van der Waals surface area contributed by atoms with Gasteiger partial charge in [-0.3, -0.25) is 4.79 Å². The SMILES string of the molecule is CC(C)(C)C1CC2C(=O)OC(=O)c3ccc4c(c32)C1O4. The van der Waals surface area contributed by atoms with E-state index in [2.05, 4.69) is 20.8 Å². The van der Waals surface area contributed by atoms with Gasteiger partial charge in [0.15, 0.2) is 0 Å². The summed E-state index contributed by atoms with van der Waals surface area (Å²) < 4.78 is 10.8. The third kappa shape index (κ3) is 1.31. The number of cyclic esters (lactones) is 2. The first-order valence-electron chi connectivity index (χ1n) is 6.97. The van der Waals surface area contributed by atoms with Crippen molar-refractivity contribution in [1.82, 2.24) is 0 Å². The molecule has 0 saturated carbocycles. The zero-order chi connectivity index (χ0) is 14.2. The molecule has 0 spiro atoms. The first kappa shape index (κ1) is 11.9. The smallest absolute Gasteiger partial charge is 0.346 e. The third-order valence-corrected chi connectivity index (χ3v) is 4.80. The van der Waals surface area contributed by atoms with Gasteiger partial charge in [-0.15, -0.1) is 0 Å². The Bertz CT molecular complexity index is 653. The summed E-state index contributed by atoms with van der Waals surface area (Å²) in [4.78, 5) is 24.0. The minimum Gasteiger partial charge on any atom is -0.485 e. The van der Waals surface area contributed by atoms with E-state index < -0.39 is 11.9 Å². The van der Waals surface area contributed by atoms with E-state index in [1.807, 2.05) is 6.07 Å². The van der Waals surface area contributed by atoms with Gasteiger partial charge >= 0.3 is 11.9 Å². The van der Waals surface area contributed by atoms with Crippen molar-refractivity contribution >= 4 is 11.9 Å². The first-order valence-corrected chi connectivity index (χ1v) is 6.97. The summed E-state index contributed by atoms with van der Waals surface area (Å²) in [5.41, 5.74) is 2.50. The standard InChI is InChI=1S/C16H16O4/c1-16(2,3)9-6-8-11-7(14(17)20-15(8)18)4-5-10-12(11)13(9)19-10/h4-5,8-9,13H,6H2,1-3H3. The fraction of sp³-hybridized carbons (Fsp3) is 0.500. The second kappa shape index (κ2) is 3.43. The molecule has 0 fully saturated rings. The maximum atomic E-state index is 12.1. The summed E-state index contributed by atoms with van der Waals surface area (Å²) in [6.45, 7) is 6.48. The Labute approximate surface area is 117 Å². The van der Waals surface area contributed by atoms with Crippen LogP contribution in [0.4, 0.5) is 0 Å². The molecule has 0 radical (unpaired) electrons. The Balaban J connectivity index is 1.94. The van der Waals surface area contributed by atoms with E-state index in [0.717, 1.165) is 16.9 Å². The number of carbonyl (C=O) groups is 2. The molecule has 0 saturated heterocycles. The van der Waals surface area contributed by atoms with Crippen molar-refractivity contribution in [2.75, 3.05) is 0 Å². The average molecular weight is 272 g/mol. The number of rotatable bonds is 0. The van der Waals surface area contributed by atoms with Crippen LogP contribution in [0.5, 0.6) is 5.75 Å². The fourth-order valence-corrected chi connectivity index (χ4v) is 3.72. The van der Waals surface area contributed by atoms with Gasteiger partial charge in [0.25, 0.3) is 0 Å². The second-order valence-corrected chi connectivity index (χ2v) is 6.95. The van der Waals surface area contributed by atoms with Crippen LogP contribution >= 0.6 is 0 Å². The highest BCUT2D eigenvalue weighted by Crippen LogP contribution is 2.59. The molecular formula is C16H16O4. The van der Waals surface area contributed by atoms with E-state index in [4.69, 9.17) is 9.47 Å². The fourth-order valence-electron chi connectivity index (χ4n) is 3.72. The summed E-state index contributed by atoms with van der Waals surface area (Å²) >= 11 is 0. The molecule has 0 aromatic heterocycles. The summed E-state index contributed by atoms with van der Waals surface area (Å²) in [6.07, 6.45) is 0.693. The molecule has 3 atom stereocenters. The average Bonchev–Trinajstić information content (AvgIpc) is 2.31. The van der Waals surface area contributed by atoms with Crippen molar-refractivity contribution in [3.63, 3.8) is 0 Å². The highest BCUT2D eigenvalue weighted by atomic mass is 16.6. The second-order valence-electron chi connectivity index (χ2n) is 6.95. The zero-order valence-corrected chi connectivity index (χ0v) is 11.7. The molecule has 2 aliphatic heterocycles. The van der Waals surface area contributed by atoms with Crippen molar-refractivity contribution in [2.24, 2.45) is 11.3 Å². The van der Waals surface area contributed by atoms with Crippen LogP contribution in [-0.2, 0) is 9.53 Å². The number of hydrogen-bond acceptors (Lipinski definition) is 4. The predicted molar refractivity (Wildman–Crippen MR) is 70.5 cm³/mol. The molecule has 1 aromatic rings. The first-order chi connectivity index (χ1) is 9.38. The lowest BCUT2D eigenvalue weighted by molar-refractivity contribution is -0.142. The molecule has 4 nitrogen and oxygen atoms in total. The van der Waals surface area contributed by atoms with Crippen LogP contribution in [-0.4, -0.2) is 11.9 Å². The van der Waals surface area contributed by atoms with Crippen LogP contribution in [0.1, 0.15) is 60.7 Å².